The number of rotatable bonds is 6. The molecule has 0 fully saturated rings. The Bertz CT molecular complexity index is 399. The third-order valence-electron chi connectivity index (χ3n) is 2.79. The van der Waals surface area contributed by atoms with Gasteiger partial charge in [0.1, 0.15) is 5.75 Å². The minimum absolute atomic E-state index is 0. The van der Waals surface area contributed by atoms with Gasteiger partial charge in [0.2, 0.25) is 0 Å². The van der Waals surface area contributed by atoms with E-state index in [0.717, 1.165) is 12.5 Å². The molecule has 0 N–H and O–H groups in total. The van der Waals surface area contributed by atoms with Gasteiger partial charge in [-0.3, -0.25) is 0 Å². The minimum atomic E-state index is -5.11. The van der Waals surface area contributed by atoms with Crippen molar-refractivity contribution >= 4 is 12.4 Å². The second-order valence-electron chi connectivity index (χ2n) is 4.30. The van der Waals surface area contributed by atoms with Crippen molar-refractivity contribution in [1.29, 1.82) is 0 Å². The molecule has 19 heavy (non-hydrogen) atoms. The summed E-state index contributed by atoms with van der Waals surface area (Å²) in [6.07, 6.45) is 0.864. The molecule has 0 aromatic heterocycles. The second kappa shape index (κ2) is 8.57. The summed E-state index contributed by atoms with van der Waals surface area (Å²) in [7, 11) is 1.34. The van der Waals surface area contributed by atoms with Crippen LogP contribution in [-0.2, 0) is 0 Å². The summed E-state index contributed by atoms with van der Waals surface area (Å²) >= 11 is 0. The molecule has 1 rings (SSSR count). The van der Waals surface area contributed by atoms with Crippen LogP contribution in [0.3, 0.4) is 0 Å². The molecule has 1 unspecified atom stereocenters. The number of hydrogen-bond acceptors (Lipinski definition) is 2. The summed E-state index contributed by atoms with van der Waals surface area (Å²) in [4.78, 5) is 0. The van der Waals surface area contributed by atoms with Gasteiger partial charge in [-0.1, -0.05) is 25.7 Å². The van der Waals surface area contributed by atoms with Gasteiger partial charge >= 0.3 is 58.4 Å². The van der Waals surface area contributed by atoms with Crippen LogP contribution >= 0.6 is 0 Å². The molecule has 0 amide bonds. The van der Waals surface area contributed by atoms with Gasteiger partial charge in [0.15, 0.2) is 0 Å². The molecule has 7 heteroatoms. The summed E-state index contributed by atoms with van der Waals surface area (Å²) in [6.45, 7) is -0.924. The van der Waals surface area contributed by atoms with E-state index in [1.54, 1.807) is 0 Å². The molecule has 0 heterocycles. The van der Waals surface area contributed by atoms with Crippen LogP contribution in [0, 0.1) is 5.92 Å². The smallest absolute Gasteiger partial charge is 0.497 e. The Kier molecular flexibility index (Phi) is 8.71. The maximum atomic E-state index is 12.9. The van der Waals surface area contributed by atoms with Gasteiger partial charge in [-0.25, -0.2) is 0 Å². The molecule has 0 bridgehead atoms. The Morgan fingerprint density at radius 1 is 1.26 bits per heavy atom. The fraction of sp³-hybridized carbons (Fsp3) is 0.500. The Labute approximate surface area is 154 Å². The molecule has 1 aromatic carbocycles. The predicted molar refractivity (Wildman–Crippen MR) is 66.7 cm³/mol. The third kappa shape index (κ3) is 6.08. The average Bonchev–Trinajstić information content (AvgIpc) is 2.34. The van der Waals surface area contributed by atoms with Crippen molar-refractivity contribution in [3.63, 3.8) is 0 Å². The first kappa shape index (κ1) is 19.3. The van der Waals surface area contributed by atoms with Gasteiger partial charge in [0.25, 0.3) is 0 Å². The number of methoxy groups -OCH3 is 1. The largest absolute Gasteiger partial charge is 1.00 e. The summed E-state index contributed by atoms with van der Waals surface area (Å²) in [5, 5.41) is 0. The van der Waals surface area contributed by atoms with E-state index in [4.69, 9.17) is 9.47 Å². The van der Waals surface area contributed by atoms with E-state index in [1.807, 2.05) is 13.8 Å². The van der Waals surface area contributed by atoms with Crippen LogP contribution in [-0.4, -0.2) is 20.7 Å². The standard InChI is InChI=1S/C12H17BF3O2.K/c1-4-9(2)8-18-12-6-5-10(17-3)7-11(12)13(14,15)16;/h5-7,9H,4,8H2,1-3H3;/q-1;+1. The Balaban J connectivity index is 0.00000324. The van der Waals surface area contributed by atoms with Crippen molar-refractivity contribution in [3.8, 4) is 11.5 Å². The van der Waals surface area contributed by atoms with Crippen molar-refractivity contribution in [2.45, 2.75) is 20.3 Å². The van der Waals surface area contributed by atoms with E-state index in [9.17, 15) is 12.9 Å². The first-order chi connectivity index (χ1) is 8.38. The number of benzene rings is 1. The summed E-state index contributed by atoms with van der Waals surface area (Å²) in [5.74, 6) is 0.282. The molecule has 0 radical (unpaired) electrons. The maximum absolute atomic E-state index is 12.9. The minimum Gasteiger partial charge on any atom is -0.497 e. The van der Waals surface area contributed by atoms with E-state index in [1.165, 1.54) is 19.2 Å². The molecule has 1 aromatic rings. The van der Waals surface area contributed by atoms with Crippen LogP contribution < -0.4 is 66.3 Å². The average molecular weight is 300 g/mol. The Morgan fingerprint density at radius 3 is 2.37 bits per heavy atom. The molecule has 0 saturated carbocycles. The third-order valence-corrected chi connectivity index (χ3v) is 2.79. The molecular weight excluding hydrogens is 283 g/mol. The SMILES string of the molecule is CCC(C)COc1ccc(OC)cc1[B-](F)(F)F.[K+]. The molecule has 0 aliphatic rings. The quantitative estimate of drug-likeness (QED) is 0.698. The topological polar surface area (TPSA) is 18.5 Å². The van der Waals surface area contributed by atoms with E-state index in [0.29, 0.717) is 0 Å². The van der Waals surface area contributed by atoms with E-state index < -0.39 is 12.4 Å². The van der Waals surface area contributed by atoms with Crippen LogP contribution in [0.15, 0.2) is 18.2 Å². The van der Waals surface area contributed by atoms with E-state index in [-0.39, 0.29) is 75.4 Å². The summed E-state index contributed by atoms with van der Waals surface area (Å²) in [5.41, 5.74) is -0.738. The van der Waals surface area contributed by atoms with Gasteiger partial charge < -0.3 is 22.4 Å². The molecule has 0 aliphatic heterocycles. The first-order valence-corrected chi connectivity index (χ1v) is 5.89. The number of ether oxygens (including phenoxy) is 2. The van der Waals surface area contributed by atoms with Crippen LogP contribution in [0.1, 0.15) is 20.3 Å². The maximum Gasteiger partial charge on any atom is 1.00 e. The molecule has 1 atom stereocenters. The summed E-state index contributed by atoms with van der Waals surface area (Å²) in [6, 6.07) is 3.76. The van der Waals surface area contributed by atoms with Gasteiger partial charge in [0, 0.05) is 0 Å². The van der Waals surface area contributed by atoms with Crippen molar-refractivity contribution in [1.82, 2.24) is 0 Å². The van der Waals surface area contributed by atoms with Crippen LogP contribution in [0.2, 0.25) is 0 Å². The normalized spacial score (nSPS) is 12.5. The van der Waals surface area contributed by atoms with Gasteiger partial charge in [-0.05, 0) is 24.1 Å². The Morgan fingerprint density at radius 2 is 1.89 bits per heavy atom. The van der Waals surface area contributed by atoms with Crippen molar-refractivity contribution < 1.29 is 73.8 Å². The number of halogens is 3. The predicted octanol–water partition coefficient (Wildman–Crippen LogP) is 0.178. The molecular formula is C12H17BF3KO2. The van der Waals surface area contributed by atoms with Crippen molar-refractivity contribution in [2.24, 2.45) is 5.92 Å². The molecule has 0 aliphatic carbocycles. The fourth-order valence-electron chi connectivity index (χ4n) is 1.39. The molecule has 2 nitrogen and oxygen atoms in total. The zero-order chi connectivity index (χ0) is 13.8. The van der Waals surface area contributed by atoms with E-state index in [2.05, 4.69) is 0 Å². The summed E-state index contributed by atoms with van der Waals surface area (Å²) < 4.78 is 48.8. The molecule has 0 saturated heterocycles. The monoisotopic (exact) mass is 300 g/mol. The zero-order valence-electron chi connectivity index (χ0n) is 11.8. The zero-order valence-corrected chi connectivity index (χ0v) is 14.9. The molecule has 0 spiro atoms. The van der Waals surface area contributed by atoms with Crippen LogP contribution in [0.4, 0.5) is 12.9 Å². The second-order valence-corrected chi connectivity index (χ2v) is 4.30. The van der Waals surface area contributed by atoms with Crippen molar-refractivity contribution in [2.75, 3.05) is 13.7 Å². The van der Waals surface area contributed by atoms with Gasteiger partial charge in [0.05, 0.1) is 19.5 Å². The van der Waals surface area contributed by atoms with Crippen LogP contribution in [0.5, 0.6) is 11.5 Å². The van der Waals surface area contributed by atoms with Crippen molar-refractivity contribution in [3.05, 3.63) is 18.2 Å². The Hall–Kier alpha value is 0.311. The van der Waals surface area contributed by atoms with E-state index >= 15 is 0 Å². The number of hydrogen-bond donors (Lipinski definition) is 0. The molecule has 102 valence electrons. The van der Waals surface area contributed by atoms with Gasteiger partial charge in [-0.15, -0.1) is 0 Å². The van der Waals surface area contributed by atoms with Gasteiger partial charge in [-0.2, -0.15) is 0 Å². The first-order valence-electron chi connectivity index (χ1n) is 5.89. The fourth-order valence-corrected chi connectivity index (χ4v) is 1.39. The van der Waals surface area contributed by atoms with Crippen LogP contribution in [0.25, 0.3) is 0 Å².